The average Bonchev–Trinajstić information content (AvgIpc) is 3.05. The van der Waals surface area contributed by atoms with Gasteiger partial charge in [-0.05, 0) is 36.6 Å². The van der Waals surface area contributed by atoms with Crippen molar-refractivity contribution >= 4 is 12.0 Å². The minimum Gasteiger partial charge on any atom is -0.493 e. The van der Waals surface area contributed by atoms with Crippen LogP contribution >= 0.6 is 0 Å². The molecule has 26 heavy (non-hydrogen) atoms. The maximum Gasteiger partial charge on any atom is 0.331 e. The van der Waals surface area contributed by atoms with Crippen molar-refractivity contribution in [1.29, 1.82) is 0 Å². The molecule has 0 bridgehead atoms. The van der Waals surface area contributed by atoms with Gasteiger partial charge in [-0.2, -0.15) is 4.98 Å². The molecule has 0 aliphatic carbocycles. The van der Waals surface area contributed by atoms with Crippen LogP contribution in [0.4, 0.5) is 0 Å². The van der Waals surface area contributed by atoms with Crippen molar-refractivity contribution in [2.75, 3.05) is 13.7 Å². The van der Waals surface area contributed by atoms with E-state index in [9.17, 15) is 4.79 Å². The summed E-state index contributed by atoms with van der Waals surface area (Å²) in [5.41, 5.74) is 0.791. The second kappa shape index (κ2) is 9.60. The number of nitrogens with zero attached hydrogens (tertiary/aromatic N) is 2. The first-order chi connectivity index (χ1) is 12.5. The summed E-state index contributed by atoms with van der Waals surface area (Å²) in [5, 5.41) is 3.85. The number of rotatable bonds is 9. The van der Waals surface area contributed by atoms with Crippen LogP contribution in [0.3, 0.4) is 0 Å². The van der Waals surface area contributed by atoms with Crippen LogP contribution in [0.2, 0.25) is 0 Å². The molecular formula is C19H24N2O5. The van der Waals surface area contributed by atoms with Gasteiger partial charge in [0.1, 0.15) is 0 Å². The number of aromatic nitrogens is 2. The number of benzene rings is 1. The Hall–Kier alpha value is -2.83. The Labute approximate surface area is 153 Å². The predicted octanol–water partition coefficient (Wildman–Crippen LogP) is 3.43. The molecular weight excluding hydrogens is 336 g/mol. The van der Waals surface area contributed by atoms with E-state index in [-0.39, 0.29) is 12.5 Å². The highest BCUT2D eigenvalue weighted by Gasteiger charge is 2.10. The molecule has 2 aromatic rings. The zero-order valence-electron chi connectivity index (χ0n) is 15.5. The Bertz CT molecular complexity index is 752. The van der Waals surface area contributed by atoms with Crippen molar-refractivity contribution in [3.8, 4) is 11.5 Å². The number of esters is 1. The molecule has 0 radical (unpaired) electrons. The second-order valence-corrected chi connectivity index (χ2v) is 5.99. The largest absolute Gasteiger partial charge is 0.493 e. The van der Waals surface area contributed by atoms with Gasteiger partial charge >= 0.3 is 5.97 Å². The van der Waals surface area contributed by atoms with Gasteiger partial charge in [0.25, 0.3) is 5.89 Å². The number of carbonyl (C=O) groups is 1. The molecule has 0 unspecified atom stereocenters. The lowest BCUT2D eigenvalue weighted by Crippen LogP contribution is -2.01. The van der Waals surface area contributed by atoms with E-state index in [1.54, 1.807) is 25.3 Å². The maximum atomic E-state index is 11.8. The summed E-state index contributed by atoms with van der Waals surface area (Å²) < 4.78 is 20.9. The first-order valence-electron chi connectivity index (χ1n) is 8.49. The van der Waals surface area contributed by atoms with Crippen LogP contribution in [0.25, 0.3) is 6.08 Å². The first-order valence-corrected chi connectivity index (χ1v) is 8.49. The van der Waals surface area contributed by atoms with Crippen molar-refractivity contribution in [1.82, 2.24) is 10.1 Å². The Morgan fingerprint density at radius 2 is 2.12 bits per heavy atom. The molecule has 0 spiro atoms. The number of hydrogen-bond acceptors (Lipinski definition) is 7. The summed E-state index contributed by atoms with van der Waals surface area (Å²) in [6.07, 6.45) is 3.69. The zero-order chi connectivity index (χ0) is 18.9. The smallest absolute Gasteiger partial charge is 0.331 e. The molecule has 0 aliphatic rings. The van der Waals surface area contributed by atoms with Gasteiger partial charge < -0.3 is 18.7 Å². The molecule has 140 valence electrons. The van der Waals surface area contributed by atoms with Crippen molar-refractivity contribution in [2.24, 2.45) is 5.92 Å². The third-order valence-corrected chi connectivity index (χ3v) is 3.34. The average molecular weight is 360 g/mol. The first kappa shape index (κ1) is 19.5. The van der Waals surface area contributed by atoms with E-state index in [2.05, 4.69) is 24.0 Å². The van der Waals surface area contributed by atoms with Crippen molar-refractivity contribution in [3.05, 3.63) is 41.6 Å². The van der Waals surface area contributed by atoms with Gasteiger partial charge in [-0.1, -0.05) is 25.1 Å². The highest BCUT2D eigenvalue weighted by Crippen LogP contribution is 2.28. The molecule has 0 amide bonds. The summed E-state index contributed by atoms with van der Waals surface area (Å²) in [6, 6.07) is 5.40. The molecule has 1 aromatic heterocycles. The number of carbonyl (C=O) groups excluding carboxylic acids is 1. The van der Waals surface area contributed by atoms with E-state index in [4.69, 9.17) is 18.7 Å². The standard InChI is InChI=1S/C19H24N2O5/c1-5-24-15-8-6-14(11-16(15)23-4)7-9-19(22)25-12-18-20-17(21-26-18)10-13(2)3/h6-9,11,13H,5,10,12H2,1-4H3/b9-7+. The molecule has 2 rings (SSSR count). The Morgan fingerprint density at radius 3 is 2.81 bits per heavy atom. The molecule has 0 saturated carbocycles. The predicted molar refractivity (Wildman–Crippen MR) is 95.8 cm³/mol. The van der Waals surface area contributed by atoms with E-state index in [0.717, 1.165) is 12.0 Å². The molecule has 0 aliphatic heterocycles. The molecule has 7 nitrogen and oxygen atoms in total. The number of methoxy groups -OCH3 is 1. The second-order valence-electron chi connectivity index (χ2n) is 5.99. The normalized spacial score (nSPS) is 11.1. The van der Waals surface area contributed by atoms with Gasteiger partial charge in [-0.15, -0.1) is 0 Å². The van der Waals surface area contributed by atoms with Gasteiger partial charge in [0, 0.05) is 12.5 Å². The monoisotopic (exact) mass is 360 g/mol. The van der Waals surface area contributed by atoms with Crippen LogP contribution in [0.15, 0.2) is 28.8 Å². The molecule has 0 fully saturated rings. The minimum atomic E-state index is -0.499. The number of ether oxygens (including phenoxy) is 3. The summed E-state index contributed by atoms with van der Waals surface area (Å²) in [6.45, 7) is 6.53. The van der Waals surface area contributed by atoms with Crippen molar-refractivity contribution < 1.29 is 23.5 Å². The van der Waals surface area contributed by atoms with Gasteiger partial charge in [-0.3, -0.25) is 0 Å². The van der Waals surface area contributed by atoms with Crippen LogP contribution < -0.4 is 9.47 Å². The van der Waals surface area contributed by atoms with Crippen LogP contribution in [0.5, 0.6) is 11.5 Å². The molecule has 7 heteroatoms. The third kappa shape index (κ3) is 5.91. The fourth-order valence-electron chi connectivity index (χ4n) is 2.20. The molecule has 1 aromatic carbocycles. The lowest BCUT2D eigenvalue weighted by molar-refractivity contribution is -0.139. The van der Waals surface area contributed by atoms with E-state index in [0.29, 0.717) is 29.8 Å². The summed E-state index contributed by atoms with van der Waals surface area (Å²) in [4.78, 5) is 16.0. The van der Waals surface area contributed by atoms with Gasteiger partial charge in [0.15, 0.2) is 23.9 Å². The molecule has 1 heterocycles. The van der Waals surface area contributed by atoms with Crippen LogP contribution in [0.1, 0.15) is 38.0 Å². The van der Waals surface area contributed by atoms with Crippen LogP contribution in [-0.2, 0) is 22.6 Å². The van der Waals surface area contributed by atoms with Gasteiger partial charge in [-0.25, -0.2) is 4.79 Å². The minimum absolute atomic E-state index is 0.0547. The lowest BCUT2D eigenvalue weighted by atomic mass is 10.1. The Balaban J connectivity index is 1.89. The molecule has 0 N–H and O–H groups in total. The van der Waals surface area contributed by atoms with Gasteiger partial charge in [0.2, 0.25) is 0 Å². The quantitative estimate of drug-likeness (QED) is 0.500. The summed E-state index contributed by atoms with van der Waals surface area (Å²) in [5.74, 6) is 2.08. The fourth-order valence-corrected chi connectivity index (χ4v) is 2.20. The lowest BCUT2D eigenvalue weighted by Gasteiger charge is -2.09. The SMILES string of the molecule is CCOc1ccc(/C=C/C(=O)OCc2nc(CC(C)C)no2)cc1OC. The molecule has 0 saturated heterocycles. The highest BCUT2D eigenvalue weighted by molar-refractivity contribution is 5.87. The van der Waals surface area contributed by atoms with E-state index in [1.165, 1.54) is 6.08 Å². The Kier molecular flexibility index (Phi) is 7.20. The van der Waals surface area contributed by atoms with Crippen molar-refractivity contribution in [2.45, 2.75) is 33.8 Å². The topological polar surface area (TPSA) is 83.7 Å². The van der Waals surface area contributed by atoms with Crippen molar-refractivity contribution in [3.63, 3.8) is 0 Å². The van der Waals surface area contributed by atoms with Crippen LogP contribution in [0, 0.1) is 5.92 Å². The van der Waals surface area contributed by atoms with E-state index < -0.39 is 5.97 Å². The number of hydrogen-bond donors (Lipinski definition) is 0. The third-order valence-electron chi connectivity index (χ3n) is 3.34. The highest BCUT2D eigenvalue weighted by atomic mass is 16.6. The fraction of sp³-hybridized carbons (Fsp3) is 0.421. The van der Waals surface area contributed by atoms with E-state index >= 15 is 0 Å². The Morgan fingerprint density at radius 1 is 1.31 bits per heavy atom. The molecule has 0 atom stereocenters. The summed E-state index contributed by atoms with van der Waals surface area (Å²) in [7, 11) is 1.57. The van der Waals surface area contributed by atoms with Crippen LogP contribution in [-0.4, -0.2) is 29.8 Å². The zero-order valence-corrected chi connectivity index (χ0v) is 15.5. The summed E-state index contributed by atoms with van der Waals surface area (Å²) >= 11 is 0. The maximum absolute atomic E-state index is 11.8. The van der Waals surface area contributed by atoms with Gasteiger partial charge in [0.05, 0.1) is 13.7 Å². The van der Waals surface area contributed by atoms with E-state index in [1.807, 2.05) is 13.0 Å².